The van der Waals surface area contributed by atoms with Crippen molar-refractivity contribution in [3.63, 3.8) is 0 Å². The summed E-state index contributed by atoms with van der Waals surface area (Å²) in [5.41, 5.74) is -0.143. The van der Waals surface area contributed by atoms with E-state index in [1.165, 1.54) is 40.2 Å². The van der Waals surface area contributed by atoms with E-state index in [2.05, 4.69) is 10.2 Å². The summed E-state index contributed by atoms with van der Waals surface area (Å²) in [5, 5.41) is 12.6. The molecule has 1 aliphatic heterocycles. The maximum absolute atomic E-state index is 13.5. The molecule has 0 spiro atoms. The van der Waals surface area contributed by atoms with Gasteiger partial charge in [-0.15, -0.1) is 22.7 Å². The predicted molar refractivity (Wildman–Crippen MR) is 131 cm³/mol. The summed E-state index contributed by atoms with van der Waals surface area (Å²) in [6.07, 6.45) is 1.75. The largest absolute Gasteiger partial charge is 0.379 e. The minimum absolute atomic E-state index is 0.157. The number of halogens is 1. The van der Waals surface area contributed by atoms with Crippen molar-refractivity contribution in [1.29, 1.82) is 5.26 Å². The van der Waals surface area contributed by atoms with Gasteiger partial charge in [0, 0.05) is 35.9 Å². The summed E-state index contributed by atoms with van der Waals surface area (Å²) in [7, 11) is 0. The number of nitriles is 1. The second-order valence-corrected chi connectivity index (χ2v) is 10.0. The Hall–Kier alpha value is -3.10. The van der Waals surface area contributed by atoms with E-state index in [1.54, 1.807) is 6.08 Å². The number of amides is 1. The Morgan fingerprint density at radius 1 is 1.21 bits per heavy atom. The summed E-state index contributed by atoms with van der Waals surface area (Å²) in [6.45, 7) is 5.88. The topological polar surface area (TPSA) is 87.4 Å². The number of morpholine rings is 1. The van der Waals surface area contributed by atoms with E-state index in [4.69, 9.17) is 4.74 Å². The van der Waals surface area contributed by atoms with E-state index >= 15 is 0 Å². The van der Waals surface area contributed by atoms with Gasteiger partial charge in [0.25, 0.3) is 11.5 Å². The van der Waals surface area contributed by atoms with Gasteiger partial charge in [0.05, 0.1) is 23.4 Å². The number of aromatic nitrogens is 1. The van der Waals surface area contributed by atoms with E-state index in [0.717, 1.165) is 34.2 Å². The van der Waals surface area contributed by atoms with Crippen LogP contribution in [-0.2, 0) is 9.53 Å². The summed E-state index contributed by atoms with van der Waals surface area (Å²) in [6, 6.07) is 11.2. The molecule has 1 aliphatic rings. The molecule has 1 aromatic carbocycles. The number of rotatable bonds is 6. The van der Waals surface area contributed by atoms with Gasteiger partial charge in [0.2, 0.25) is 0 Å². The maximum Gasteiger partial charge on any atom is 0.273 e. The molecule has 0 saturated carbocycles. The van der Waals surface area contributed by atoms with Crippen molar-refractivity contribution < 1.29 is 13.9 Å². The van der Waals surface area contributed by atoms with Crippen LogP contribution >= 0.6 is 22.7 Å². The van der Waals surface area contributed by atoms with Crippen molar-refractivity contribution in [2.45, 2.75) is 6.92 Å². The molecule has 7 nitrogen and oxygen atoms in total. The molecule has 176 valence electrons. The van der Waals surface area contributed by atoms with Crippen LogP contribution in [0, 0.1) is 24.1 Å². The first kappa shape index (κ1) is 24.0. The number of nitrogens with zero attached hydrogens (tertiary/aromatic N) is 3. The number of hydrogen-bond donors (Lipinski definition) is 1. The van der Waals surface area contributed by atoms with Crippen LogP contribution < -0.4 is 20.1 Å². The van der Waals surface area contributed by atoms with Crippen molar-refractivity contribution in [1.82, 2.24) is 14.8 Å². The number of benzene rings is 1. The molecular formula is C24H23FN4O3S2. The molecule has 3 heterocycles. The van der Waals surface area contributed by atoms with Crippen molar-refractivity contribution in [3.8, 4) is 11.8 Å². The Morgan fingerprint density at radius 3 is 2.59 bits per heavy atom. The normalized spacial score (nSPS) is 15.7. The Bertz CT molecular complexity index is 1390. The SMILES string of the molecule is Cc1ccc(/C=c2\s/c(=C(/C#N)C(=O)NCCN3CCOCC3)n(-c3ccc(F)cc3)c2=O)s1. The number of nitrogens with one attached hydrogen (secondary N) is 1. The number of hydrogen-bond acceptors (Lipinski definition) is 7. The number of carbonyl (C=O) groups excluding carboxylic acids is 1. The highest BCUT2D eigenvalue weighted by Crippen LogP contribution is 2.15. The zero-order chi connectivity index (χ0) is 24.1. The van der Waals surface area contributed by atoms with E-state index in [1.807, 2.05) is 25.1 Å². The van der Waals surface area contributed by atoms with Gasteiger partial charge in [-0.05, 0) is 49.4 Å². The van der Waals surface area contributed by atoms with E-state index in [-0.39, 0.29) is 15.8 Å². The van der Waals surface area contributed by atoms with Crippen LogP contribution in [0.15, 0.2) is 41.2 Å². The third kappa shape index (κ3) is 5.51. The first-order chi connectivity index (χ1) is 16.5. The molecule has 10 heteroatoms. The van der Waals surface area contributed by atoms with Gasteiger partial charge in [-0.3, -0.25) is 19.1 Å². The van der Waals surface area contributed by atoms with Gasteiger partial charge in [-0.1, -0.05) is 0 Å². The number of aryl methyl sites for hydroxylation is 1. The Balaban J connectivity index is 1.75. The van der Waals surface area contributed by atoms with E-state index < -0.39 is 11.7 Å². The number of thiophene rings is 1. The average molecular weight is 499 g/mol. The fourth-order valence-electron chi connectivity index (χ4n) is 3.57. The monoisotopic (exact) mass is 498 g/mol. The van der Waals surface area contributed by atoms with Crippen LogP contribution in [0.3, 0.4) is 0 Å². The van der Waals surface area contributed by atoms with Gasteiger partial charge in [0.1, 0.15) is 16.5 Å². The number of carbonyl (C=O) groups is 1. The lowest BCUT2D eigenvalue weighted by atomic mass is 10.2. The van der Waals surface area contributed by atoms with Gasteiger partial charge in [-0.25, -0.2) is 4.39 Å². The molecule has 1 fully saturated rings. The third-order valence-corrected chi connectivity index (χ3v) is 7.35. The minimum Gasteiger partial charge on any atom is -0.379 e. The quantitative estimate of drug-likeness (QED) is 0.555. The summed E-state index contributed by atoms with van der Waals surface area (Å²) >= 11 is 2.61. The lowest BCUT2D eigenvalue weighted by molar-refractivity contribution is -0.115. The summed E-state index contributed by atoms with van der Waals surface area (Å²) in [5.74, 6) is -0.994. The summed E-state index contributed by atoms with van der Waals surface area (Å²) < 4.78 is 20.7. The molecule has 34 heavy (non-hydrogen) atoms. The molecule has 4 rings (SSSR count). The fraction of sp³-hybridized carbons (Fsp3) is 0.292. The van der Waals surface area contributed by atoms with Crippen LogP contribution in [0.5, 0.6) is 0 Å². The van der Waals surface area contributed by atoms with Crippen LogP contribution in [0.1, 0.15) is 9.75 Å². The highest BCUT2D eigenvalue weighted by atomic mass is 32.1. The van der Waals surface area contributed by atoms with Crippen molar-refractivity contribution >= 4 is 40.2 Å². The molecule has 0 atom stereocenters. The van der Waals surface area contributed by atoms with Crippen LogP contribution in [0.25, 0.3) is 17.3 Å². The van der Waals surface area contributed by atoms with Crippen molar-refractivity contribution in [3.05, 3.63) is 71.5 Å². The molecule has 0 bridgehead atoms. The van der Waals surface area contributed by atoms with Crippen molar-refractivity contribution in [2.24, 2.45) is 0 Å². The molecular weight excluding hydrogens is 475 g/mol. The molecule has 2 aromatic heterocycles. The number of ether oxygens (including phenoxy) is 1. The van der Waals surface area contributed by atoms with Gasteiger partial charge in [-0.2, -0.15) is 5.26 Å². The molecule has 0 aliphatic carbocycles. The molecule has 1 N–H and O–H groups in total. The van der Waals surface area contributed by atoms with Gasteiger partial charge < -0.3 is 10.1 Å². The smallest absolute Gasteiger partial charge is 0.273 e. The molecule has 1 amide bonds. The second kappa shape index (κ2) is 10.9. The molecule has 0 unspecified atom stereocenters. The third-order valence-electron chi connectivity index (χ3n) is 5.31. The summed E-state index contributed by atoms with van der Waals surface area (Å²) in [4.78, 5) is 30.4. The van der Waals surface area contributed by atoms with E-state index in [0.29, 0.717) is 36.5 Å². The zero-order valence-corrected chi connectivity index (χ0v) is 20.2. The van der Waals surface area contributed by atoms with Crippen LogP contribution in [-0.4, -0.2) is 54.8 Å². The molecule has 1 saturated heterocycles. The minimum atomic E-state index is -0.550. The lowest BCUT2D eigenvalue weighted by Crippen LogP contribution is -2.42. The lowest BCUT2D eigenvalue weighted by Gasteiger charge is -2.26. The fourth-order valence-corrected chi connectivity index (χ4v) is 5.56. The number of thiazole rings is 1. The van der Waals surface area contributed by atoms with Crippen LogP contribution in [0.2, 0.25) is 0 Å². The first-order valence-electron chi connectivity index (χ1n) is 10.7. The Kier molecular flexibility index (Phi) is 7.70. The van der Waals surface area contributed by atoms with Crippen LogP contribution in [0.4, 0.5) is 4.39 Å². The highest BCUT2D eigenvalue weighted by Gasteiger charge is 2.18. The zero-order valence-electron chi connectivity index (χ0n) is 18.5. The standard InChI is InChI=1S/C24H23FN4O3S2/c1-16-2-7-19(33-16)14-21-23(31)29(18-5-3-17(25)4-6-18)24(34-21)20(15-26)22(30)27-8-9-28-10-12-32-13-11-28/h2-7,14H,8-13H2,1H3,(H,27,30)/b21-14-,24-20-. The second-order valence-electron chi connectivity index (χ2n) is 7.68. The first-order valence-corrected chi connectivity index (χ1v) is 12.4. The van der Waals surface area contributed by atoms with Crippen molar-refractivity contribution in [2.75, 3.05) is 39.4 Å². The predicted octanol–water partition coefficient (Wildman–Crippen LogP) is 1.36. The van der Waals surface area contributed by atoms with Gasteiger partial charge >= 0.3 is 0 Å². The molecule has 0 radical (unpaired) electrons. The Labute approximate surface area is 203 Å². The Morgan fingerprint density at radius 2 is 1.94 bits per heavy atom. The maximum atomic E-state index is 13.5. The highest BCUT2D eigenvalue weighted by molar-refractivity contribution is 7.13. The van der Waals surface area contributed by atoms with E-state index in [9.17, 15) is 19.2 Å². The van der Waals surface area contributed by atoms with Gasteiger partial charge in [0.15, 0.2) is 5.57 Å². The average Bonchev–Trinajstić information content (AvgIpc) is 3.38. The molecule has 3 aromatic rings.